The molecule has 2 N–H and O–H groups in total. The lowest BCUT2D eigenvalue weighted by molar-refractivity contribution is -0.171. The molecule has 4 rings (SSSR count). The molecule has 144 valence electrons. The fourth-order valence-corrected chi connectivity index (χ4v) is 6.13. The lowest BCUT2D eigenvalue weighted by Crippen LogP contribution is -2.46. The summed E-state index contributed by atoms with van der Waals surface area (Å²) in [6.45, 7) is 2.28. The molecule has 3 aliphatic rings. The van der Waals surface area contributed by atoms with E-state index in [1.807, 2.05) is 12.1 Å². The van der Waals surface area contributed by atoms with Crippen molar-refractivity contribution in [3.63, 3.8) is 0 Å². The Morgan fingerprint density at radius 2 is 1.96 bits per heavy atom. The maximum Gasteiger partial charge on any atom is 0.240 e. The molecule has 0 aromatic heterocycles. The molecule has 0 bridgehead atoms. The Hall–Kier alpha value is -0.190. The molecule has 1 aromatic carbocycles. The predicted molar refractivity (Wildman–Crippen MR) is 104 cm³/mol. The zero-order valence-corrected chi connectivity index (χ0v) is 17.1. The molecule has 1 aromatic rings. The first-order valence-corrected chi connectivity index (χ1v) is 10.6. The second-order valence-electron chi connectivity index (χ2n) is 8.44. The van der Waals surface area contributed by atoms with Crippen LogP contribution in [0.2, 0.25) is 0 Å². The third-order valence-electron chi connectivity index (χ3n) is 7.20. The van der Waals surface area contributed by atoms with Crippen LogP contribution >= 0.6 is 34.8 Å². The molecule has 2 saturated carbocycles. The Morgan fingerprint density at radius 1 is 1.19 bits per heavy atom. The molecular formula is C20H25Cl3O3. The summed E-state index contributed by atoms with van der Waals surface area (Å²) in [7, 11) is 0. The average Bonchev–Trinajstić information content (AvgIpc) is 2.90. The quantitative estimate of drug-likeness (QED) is 0.503. The number of phenolic OH excluding ortho intramolecular Hbond substituents is 1. The minimum absolute atomic E-state index is 0.00643. The van der Waals surface area contributed by atoms with Gasteiger partial charge in [0.2, 0.25) is 10.1 Å². The van der Waals surface area contributed by atoms with Crippen LogP contribution in [-0.2, 0) is 11.2 Å². The first kappa shape index (κ1) is 19.1. The Morgan fingerprint density at radius 3 is 2.69 bits per heavy atom. The lowest BCUT2D eigenvalue weighted by atomic mass is 9.55. The highest BCUT2D eigenvalue weighted by Crippen LogP contribution is 2.62. The summed E-state index contributed by atoms with van der Waals surface area (Å²) in [5, 5.41) is 19.9. The van der Waals surface area contributed by atoms with Gasteiger partial charge in [0.25, 0.3) is 0 Å². The largest absolute Gasteiger partial charge is 0.508 e. The molecule has 0 saturated heterocycles. The van der Waals surface area contributed by atoms with Crippen molar-refractivity contribution in [2.75, 3.05) is 0 Å². The second-order valence-corrected chi connectivity index (χ2v) is 10.8. The number of ether oxygens (including phenoxy) is 1. The second kappa shape index (κ2) is 6.70. The van der Waals surface area contributed by atoms with Crippen LogP contribution < -0.4 is 0 Å². The van der Waals surface area contributed by atoms with Gasteiger partial charge in [-0.05, 0) is 85.0 Å². The lowest BCUT2D eigenvalue weighted by Gasteiger charge is -2.51. The van der Waals surface area contributed by atoms with Crippen LogP contribution in [0.4, 0.5) is 0 Å². The highest BCUT2D eigenvalue weighted by atomic mass is 35.6. The monoisotopic (exact) mass is 418 g/mol. The highest BCUT2D eigenvalue weighted by Gasteiger charge is 2.56. The predicted octanol–water partition coefficient (Wildman–Crippen LogP) is 5.32. The van der Waals surface area contributed by atoms with Gasteiger partial charge in [-0.3, -0.25) is 0 Å². The summed E-state index contributed by atoms with van der Waals surface area (Å²) >= 11 is 17.4. The van der Waals surface area contributed by atoms with Crippen LogP contribution in [-0.4, -0.2) is 26.4 Å². The van der Waals surface area contributed by atoms with Crippen molar-refractivity contribution in [3.05, 3.63) is 29.3 Å². The van der Waals surface area contributed by atoms with Gasteiger partial charge >= 0.3 is 0 Å². The number of aryl methyl sites for hydroxylation is 1. The van der Waals surface area contributed by atoms with E-state index in [0.29, 0.717) is 23.5 Å². The SMILES string of the molecule is C[C@]12CC[C@@H]3c4ccc(O)cc4CC[C@H]3[C@@H]1CC[C@@H]2OC(O)C(Cl)(Cl)Cl. The molecule has 0 heterocycles. The number of hydrogen-bond donors (Lipinski definition) is 2. The molecule has 1 unspecified atom stereocenters. The molecule has 6 atom stereocenters. The third kappa shape index (κ3) is 3.14. The summed E-state index contributed by atoms with van der Waals surface area (Å²) in [5.41, 5.74) is 2.71. The minimum atomic E-state index is -1.82. The fraction of sp³-hybridized carbons (Fsp3) is 0.700. The maximum absolute atomic E-state index is 10.1. The number of fused-ring (bicyclic) bond motifs is 5. The van der Waals surface area contributed by atoms with Crippen molar-refractivity contribution in [1.82, 2.24) is 0 Å². The molecule has 3 nitrogen and oxygen atoms in total. The third-order valence-corrected chi connectivity index (χ3v) is 7.76. The Bertz CT molecular complexity index is 689. The Kier molecular flexibility index (Phi) is 4.93. The fourth-order valence-electron chi connectivity index (χ4n) is 5.98. The number of hydrogen-bond acceptors (Lipinski definition) is 3. The summed E-state index contributed by atoms with van der Waals surface area (Å²) in [4.78, 5) is 0. The average molecular weight is 420 g/mol. The molecule has 0 amide bonds. The Labute approximate surface area is 169 Å². The first-order chi connectivity index (χ1) is 12.2. The normalized spacial score (nSPS) is 37.6. The number of phenols is 1. The summed E-state index contributed by atoms with van der Waals surface area (Å²) in [6.07, 6.45) is 4.78. The zero-order chi connectivity index (χ0) is 18.7. The molecule has 0 aliphatic heterocycles. The highest BCUT2D eigenvalue weighted by molar-refractivity contribution is 6.67. The van der Waals surface area contributed by atoms with Gasteiger partial charge in [-0.1, -0.05) is 47.8 Å². The van der Waals surface area contributed by atoms with Gasteiger partial charge < -0.3 is 14.9 Å². The molecule has 26 heavy (non-hydrogen) atoms. The minimum Gasteiger partial charge on any atom is -0.508 e. The van der Waals surface area contributed by atoms with Crippen molar-refractivity contribution in [2.24, 2.45) is 17.3 Å². The van der Waals surface area contributed by atoms with E-state index in [9.17, 15) is 10.2 Å². The molecule has 2 fully saturated rings. The van der Waals surface area contributed by atoms with Gasteiger partial charge in [-0.15, -0.1) is 0 Å². The van der Waals surface area contributed by atoms with Gasteiger partial charge in [-0.25, -0.2) is 0 Å². The van der Waals surface area contributed by atoms with Crippen molar-refractivity contribution >= 4 is 34.8 Å². The van der Waals surface area contributed by atoms with E-state index in [-0.39, 0.29) is 11.5 Å². The molecule has 6 heteroatoms. The van der Waals surface area contributed by atoms with Crippen LogP contribution in [0.1, 0.15) is 56.1 Å². The van der Waals surface area contributed by atoms with E-state index < -0.39 is 10.1 Å². The summed E-state index contributed by atoms with van der Waals surface area (Å²) in [6, 6.07) is 5.85. The topological polar surface area (TPSA) is 49.7 Å². The smallest absolute Gasteiger partial charge is 0.240 e. The van der Waals surface area contributed by atoms with Crippen LogP contribution in [0.25, 0.3) is 0 Å². The van der Waals surface area contributed by atoms with Gasteiger partial charge in [0.05, 0.1) is 6.10 Å². The van der Waals surface area contributed by atoms with E-state index >= 15 is 0 Å². The maximum atomic E-state index is 10.1. The van der Waals surface area contributed by atoms with E-state index in [1.165, 1.54) is 11.1 Å². The van der Waals surface area contributed by atoms with E-state index in [1.54, 1.807) is 0 Å². The van der Waals surface area contributed by atoms with Crippen LogP contribution in [0.15, 0.2) is 18.2 Å². The number of aliphatic hydroxyl groups excluding tert-OH is 1. The number of aromatic hydroxyl groups is 1. The first-order valence-electron chi connectivity index (χ1n) is 9.42. The van der Waals surface area contributed by atoms with Gasteiger partial charge in [-0.2, -0.15) is 0 Å². The molecule has 3 aliphatic carbocycles. The van der Waals surface area contributed by atoms with E-state index in [0.717, 1.165) is 38.5 Å². The zero-order valence-electron chi connectivity index (χ0n) is 14.8. The number of benzene rings is 1. The number of rotatable bonds is 2. The number of alkyl halides is 3. The van der Waals surface area contributed by atoms with Gasteiger partial charge in [0.15, 0.2) is 0 Å². The van der Waals surface area contributed by atoms with E-state index in [4.69, 9.17) is 39.5 Å². The Balaban J connectivity index is 1.56. The number of halogens is 3. The molecule has 0 radical (unpaired) electrons. The standard InChI is InChI=1S/C20H25Cl3O3/c1-19-9-8-14-13-5-3-12(24)10-11(13)2-4-15(14)16(19)6-7-17(19)26-18(25)20(21,22)23/h3,5,10,14-18,24-25H,2,4,6-9H2,1H3/t14-,15-,16+,17+,18?,19+/m1/s1. The van der Waals surface area contributed by atoms with Gasteiger partial charge in [0.1, 0.15) is 5.75 Å². The van der Waals surface area contributed by atoms with E-state index in [2.05, 4.69) is 13.0 Å². The van der Waals surface area contributed by atoms with Crippen LogP contribution in [0, 0.1) is 17.3 Å². The van der Waals surface area contributed by atoms with Crippen LogP contribution in [0.3, 0.4) is 0 Å². The number of aliphatic hydroxyl groups is 1. The van der Waals surface area contributed by atoms with Gasteiger partial charge in [0, 0.05) is 0 Å². The van der Waals surface area contributed by atoms with Crippen molar-refractivity contribution in [2.45, 2.75) is 67.6 Å². The van der Waals surface area contributed by atoms with Crippen molar-refractivity contribution < 1.29 is 14.9 Å². The summed E-state index contributed by atoms with van der Waals surface area (Å²) in [5.74, 6) is 2.08. The van der Waals surface area contributed by atoms with Crippen LogP contribution in [0.5, 0.6) is 5.75 Å². The molecular weight excluding hydrogens is 395 g/mol. The van der Waals surface area contributed by atoms with Crippen molar-refractivity contribution in [1.29, 1.82) is 0 Å². The summed E-state index contributed by atoms with van der Waals surface area (Å²) < 4.78 is 4.02. The van der Waals surface area contributed by atoms with Crippen molar-refractivity contribution in [3.8, 4) is 5.75 Å². The molecule has 0 spiro atoms.